The van der Waals surface area contributed by atoms with Crippen LogP contribution in [-0.2, 0) is 9.47 Å². The van der Waals surface area contributed by atoms with Crippen molar-refractivity contribution in [3.8, 4) is 0 Å². The highest BCUT2D eigenvalue weighted by Crippen LogP contribution is 2.20. The molecule has 0 aliphatic rings. The second-order valence-electron chi connectivity index (χ2n) is 10.0. The Morgan fingerprint density at radius 2 is 1.62 bits per heavy atom. The predicted octanol–water partition coefficient (Wildman–Crippen LogP) is 4.86. The molecule has 2 rings (SSSR count). The van der Waals surface area contributed by atoms with Crippen LogP contribution in [0.5, 0.6) is 0 Å². The molecule has 10 heteroatoms. The summed E-state index contributed by atoms with van der Waals surface area (Å²) in [4.78, 5) is 39.9. The number of carbonyl (C=O) groups excluding carboxylic acids is 3. The number of aromatic amines is 1. The van der Waals surface area contributed by atoms with Crippen molar-refractivity contribution in [2.24, 2.45) is 0 Å². The van der Waals surface area contributed by atoms with Gasteiger partial charge in [0.15, 0.2) is 0 Å². The number of benzene rings is 1. The van der Waals surface area contributed by atoms with Gasteiger partial charge in [0.2, 0.25) is 0 Å². The lowest BCUT2D eigenvalue weighted by atomic mass is 10.1. The van der Waals surface area contributed by atoms with Gasteiger partial charge in [-0.2, -0.15) is 0 Å². The summed E-state index contributed by atoms with van der Waals surface area (Å²) in [5, 5.41) is 9.28. The Balaban J connectivity index is 1.94. The molecule has 9 nitrogen and oxygen atoms in total. The molecule has 0 fully saturated rings. The highest BCUT2D eigenvalue weighted by atomic mass is 79.9. The first-order valence-corrected chi connectivity index (χ1v) is 12.0. The standard InChI is InChI=1S/C24H35BrN4O5/c1-23(2,3)33-21(31)26-11-7-8-17(28-22(32)34-24(4,5)6)14-27-20(30)19-12-15-9-10-16(25)13-18(15)29-19/h9-10,12-13,17,29H,7-8,11,14H2,1-6H3,(H,26,31)(H,27,30)(H,28,32)/t17-/m0/s1. The fourth-order valence-electron chi connectivity index (χ4n) is 3.09. The zero-order chi connectivity index (χ0) is 25.5. The van der Waals surface area contributed by atoms with E-state index in [9.17, 15) is 14.4 Å². The number of rotatable bonds is 8. The molecule has 1 heterocycles. The minimum atomic E-state index is -0.644. The van der Waals surface area contributed by atoms with Crippen LogP contribution >= 0.6 is 15.9 Å². The summed E-state index contributed by atoms with van der Waals surface area (Å²) in [6, 6.07) is 7.11. The van der Waals surface area contributed by atoms with Gasteiger partial charge in [-0.25, -0.2) is 9.59 Å². The van der Waals surface area contributed by atoms with Gasteiger partial charge in [0.05, 0.1) is 0 Å². The molecule has 188 valence electrons. The van der Waals surface area contributed by atoms with Crippen LogP contribution in [0.3, 0.4) is 0 Å². The fourth-order valence-corrected chi connectivity index (χ4v) is 3.45. The minimum absolute atomic E-state index is 0.198. The number of fused-ring (bicyclic) bond motifs is 1. The van der Waals surface area contributed by atoms with E-state index in [4.69, 9.17) is 9.47 Å². The van der Waals surface area contributed by atoms with Gasteiger partial charge in [-0.15, -0.1) is 0 Å². The minimum Gasteiger partial charge on any atom is -0.444 e. The largest absolute Gasteiger partial charge is 0.444 e. The molecule has 2 aromatic rings. The van der Waals surface area contributed by atoms with Crippen molar-refractivity contribution < 1.29 is 23.9 Å². The Bertz CT molecular complexity index is 1010. The first kappa shape index (κ1) is 27.5. The normalized spacial score (nSPS) is 12.7. The van der Waals surface area contributed by atoms with Gasteiger partial charge < -0.3 is 30.4 Å². The van der Waals surface area contributed by atoms with Crippen LogP contribution in [0.15, 0.2) is 28.7 Å². The molecule has 4 N–H and O–H groups in total. The topological polar surface area (TPSA) is 122 Å². The summed E-state index contributed by atoms with van der Waals surface area (Å²) < 4.78 is 11.5. The Hall–Kier alpha value is -2.75. The number of hydrogen-bond acceptors (Lipinski definition) is 5. The summed E-state index contributed by atoms with van der Waals surface area (Å²) in [7, 11) is 0. The number of carbonyl (C=O) groups is 3. The molecular weight excluding hydrogens is 504 g/mol. The van der Waals surface area contributed by atoms with E-state index >= 15 is 0 Å². The maximum absolute atomic E-state index is 12.7. The number of ether oxygens (including phenoxy) is 2. The van der Waals surface area contributed by atoms with Gasteiger partial charge in [-0.1, -0.05) is 22.0 Å². The van der Waals surface area contributed by atoms with Crippen LogP contribution < -0.4 is 16.0 Å². The number of hydrogen-bond donors (Lipinski definition) is 4. The lowest BCUT2D eigenvalue weighted by Crippen LogP contribution is -2.46. The molecule has 3 amide bonds. The van der Waals surface area contributed by atoms with E-state index in [-0.39, 0.29) is 12.5 Å². The molecule has 0 radical (unpaired) electrons. The van der Waals surface area contributed by atoms with E-state index in [2.05, 4.69) is 36.9 Å². The Morgan fingerprint density at radius 1 is 0.971 bits per heavy atom. The molecule has 0 saturated carbocycles. The predicted molar refractivity (Wildman–Crippen MR) is 135 cm³/mol. The van der Waals surface area contributed by atoms with E-state index in [0.717, 1.165) is 15.4 Å². The van der Waals surface area contributed by atoms with Gasteiger partial charge in [0, 0.05) is 34.5 Å². The van der Waals surface area contributed by atoms with Crippen molar-refractivity contribution in [2.75, 3.05) is 13.1 Å². The molecular formula is C24H35BrN4O5. The van der Waals surface area contributed by atoms with Crippen molar-refractivity contribution in [1.29, 1.82) is 0 Å². The van der Waals surface area contributed by atoms with Gasteiger partial charge in [-0.05, 0) is 72.6 Å². The third-order valence-electron chi connectivity index (χ3n) is 4.46. The molecule has 1 atom stereocenters. The van der Waals surface area contributed by atoms with Gasteiger partial charge in [-0.3, -0.25) is 4.79 Å². The van der Waals surface area contributed by atoms with Crippen LogP contribution in [0.4, 0.5) is 9.59 Å². The van der Waals surface area contributed by atoms with Crippen molar-refractivity contribution in [1.82, 2.24) is 20.9 Å². The summed E-state index contributed by atoms with van der Waals surface area (Å²) >= 11 is 3.42. The second kappa shape index (κ2) is 11.6. The number of H-pyrrole nitrogens is 1. The molecule has 0 unspecified atom stereocenters. The Kier molecular flexibility index (Phi) is 9.37. The van der Waals surface area contributed by atoms with E-state index in [1.54, 1.807) is 47.6 Å². The van der Waals surface area contributed by atoms with Crippen LogP contribution in [0.2, 0.25) is 0 Å². The zero-order valence-electron chi connectivity index (χ0n) is 20.6. The number of aromatic nitrogens is 1. The molecule has 0 aliphatic carbocycles. The average Bonchev–Trinajstić information content (AvgIpc) is 3.09. The van der Waals surface area contributed by atoms with Gasteiger partial charge in [0.1, 0.15) is 16.9 Å². The maximum atomic E-state index is 12.7. The third-order valence-corrected chi connectivity index (χ3v) is 4.95. The first-order chi connectivity index (χ1) is 15.7. The van der Waals surface area contributed by atoms with Gasteiger partial charge >= 0.3 is 12.2 Å². The van der Waals surface area contributed by atoms with E-state index in [1.807, 2.05) is 18.2 Å². The van der Waals surface area contributed by atoms with Crippen molar-refractivity contribution >= 4 is 44.9 Å². The van der Waals surface area contributed by atoms with Crippen LogP contribution in [-0.4, -0.2) is 53.4 Å². The highest BCUT2D eigenvalue weighted by Gasteiger charge is 2.21. The number of nitrogens with one attached hydrogen (secondary N) is 4. The Morgan fingerprint density at radius 3 is 2.26 bits per heavy atom. The number of alkyl carbamates (subject to hydrolysis) is 2. The average molecular weight is 539 g/mol. The van der Waals surface area contributed by atoms with Gasteiger partial charge in [0.25, 0.3) is 5.91 Å². The van der Waals surface area contributed by atoms with Crippen LogP contribution in [0, 0.1) is 0 Å². The van der Waals surface area contributed by atoms with E-state index in [1.165, 1.54) is 0 Å². The second-order valence-corrected chi connectivity index (χ2v) is 11.0. The Labute approximate surface area is 208 Å². The molecule has 1 aromatic carbocycles. The fraction of sp³-hybridized carbons (Fsp3) is 0.542. The lowest BCUT2D eigenvalue weighted by molar-refractivity contribution is 0.0487. The maximum Gasteiger partial charge on any atom is 0.407 e. The molecule has 0 spiro atoms. The van der Waals surface area contributed by atoms with Crippen molar-refractivity contribution in [3.05, 3.63) is 34.4 Å². The summed E-state index contributed by atoms with van der Waals surface area (Å²) in [5.41, 5.74) is 0.0507. The molecule has 34 heavy (non-hydrogen) atoms. The molecule has 0 aliphatic heterocycles. The SMILES string of the molecule is CC(C)(C)OC(=O)NCCC[C@@H](CNC(=O)c1cc2ccc(Br)cc2[nH]1)NC(=O)OC(C)(C)C. The van der Waals surface area contributed by atoms with Crippen molar-refractivity contribution in [2.45, 2.75) is 71.6 Å². The number of amides is 3. The van der Waals surface area contributed by atoms with E-state index in [0.29, 0.717) is 25.1 Å². The van der Waals surface area contributed by atoms with Crippen LogP contribution in [0.1, 0.15) is 64.9 Å². The monoisotopic (exact) mass is 538 g/mol. The molecule has 0 saturated heterocycles. The third kappa shape index (κ3) is 10.0. The molecule has 1 aromatic heterocycles. The first-order valence-electron chi connectivity index (χ1n) is 11.2. The zero-order valence-corrected chi connectivity index (χ0v) is 22.2. The number of halogens is 1. The summed E-state index contributed by atoms with van der Waals surface area (Å²) in [6.45, 7) is 11.3. The molecule has 0 bridgehead atoms. The summed E-state index contributed by atoms with van der Waals surface area (Å²) in [5.74, 6) is -0.282. The summed E-state index contributed by atoms with van der Waals surface area (Å²) in [6.07, 6.45) is 0.00975. The highest BCUT2D eigenvalue weighted by molar-refractivity contribution is 9.10. The lowest BCUT2D eigenvalue weighted by Gasteiger charge is -2.24. The van der Waals surface area contributed by atoms with Crippen molar-refractivity contribution in [3.63, 3.8) is 0 Å². The van der Waals surface area contributed by atoms with E-state index < -0.39 is 29.4 Å². The smallest absolute Gasteiger partial charge is 0.407 e. The quantitative estimate of drug-likeness (QED) is 0.357. The van der Waals surface area contributed by atoms with Crippen LogP contribution in [0.25, 0.3) is 10.9 Å².